The fraction of sp³-hybridized carbons (Fsp3) is 0.750. The normalized spacial score (nSPS) is 30.7. The first-order valence-corrected chi connectivity index (χ1v) is 11.3. The fourth-order valence-corrected chi connectivity index (χ4v) is 5.90. The third-order valence-electron chi connectivity index (χ3n) is 6.70. The minimum atomic E-state index is -0.306. The van der Waals surface area contributed by atoms with Crippen molar-refractivity contribution in [3.05, 3.63) is 11.1 Å². The van der Waals surface area contributed by atoms with Crippen LogP contribution in [0.2, 0.25) is 0 Å². The molecule has 1 saturated carbocycles. The number of amides is 2. The summed E-state index contributed by atoms with van der Waals surface area (Å²) in [6.07, 6.45) is 6.89. The standard InChI is InChI=1S/C20H28N4O2S/c25-17(11-16-13-27-19-21-7-2-9-24(16)19)23-10-6-20(14-23)5-1-8-22(18(20)26)12-15-3-4-15/h13,15H,1-12,14H2/t20-/m1/s1. The maximum Gasteiger partial charge on any atom is 0.230 e. The van der Waals surface area contributed by atoms with Crippen LogP contribution in [0.5, 0.6) is 0 Å². The van der Waals surface area contributed by atoms with Gasteiger partial charge in [-0.25, -0.2) is 0 Å². The van der Waals surface area contributed by atoms with Gasteiger partial charge in [-0.15, -0.1) is 0 Å². The Morgan fingerprint density at radius 1 is 1.22 bits per heavy atom. The van der Waals surface area contributed by atoms with Crippen molar-refractivity contribution in [2.75, 3.05) is 39.3 Å². The average molecular weight is 389 g/mol. The first-order valence-electron chi connectivity index (χ1n) is 10.4. The lowest BCUT2D eigenvalue weighted by Gasteiger charge is -2.39. The van der Waals surface area contributed by atoms with Crippen LogP contribution in [0.3, 0.4) is 0 Å². The maximum atomic E-state index is 13.2. The molecule has 0 aromatic rings. The van der Waals surface area contributed by atoms with Crippen LogP contribution in [0.1, 0.15) is 44.9 Å². The maximum absolute atomic E-state index is 13.2. The molecule has 1 atom stereocenters. The summed E-state index contributed by atoms with van der Waals surface area (Å²) in [4.78, 5) is 36.9. The molecule has 146 valence electrons. The van der Waals surface area contributed by atoms with E-state index < -0.39 is 0 Å². The van der Waals surface area contributed by atoms with Crippen molar-refractivity contribution >= 4 is 28.7 Å². The first-order chi connectivity index (χ1) is 13.1. The summed E-state index contributed by atoms with van der Waals surface area (Å²) < 4.78 is 0. The van der Waals surface area contributed by atoms with Crippen molar-refractivity contribution < 1.29 is 9.59 Å². The Bertz CT molecular complexity index is 717. The zero-order valence-electron chi connectivity index (χ0n) is 15.9. The molecular weight excluding hydrogens is 360 g/mol. The van der Waals surface area contributed by atoms with Crippen LogP contribution in [0.25, 0.3) is 0 Å². The molecule has 0 bridgehead atoms. The van der Waals surface area contributed by atoms with Gasteiger partial charge in [0, 0.05) is 45.0 Å². The number of aliphatic imine (C=N–C) groups is 1. The van der Waals surface area contributed by atoms with E-state index in [1.807, 2.05) is 4.90 Å². The molecule has 0 aromatic carbocycles. The molecule has 4 heterocycles. The second-order valence-corrected chi connectivity index (χ2v) is 9.55. The second-order valence-electron chi connectivity index (χ2n) is 8.72. The minimum absolute atomic E-state index is 0.165. The number of rotatable bonds is 4. The Kier molecular flexibility index (Phi) is 4.45. The summed E-state index contributed by atoms with van der Waals surface area (Å²) in [6, 6.07) is 0. The number of likely N-dealkylation sites (tertiary alicyclic amines) is 2. The van der Waals surface area contributed by atoms with Gasteiger partial charge in [-0.2, -0.15) is 0 Å². The third-order valence-corrected chi connectivity index (χ3v) is 7.65. The zero-order valence-corrected chi connectivity index (χ0v) is 16.7. The summed E-state index contributed by atoms with van der Waals surface area (Å²) >= 11 is 1.64. The predicted octanol–water partition coefficient (Wildman–Crippen LogP) is 2.28. The SMILES string of the molecule is O=C(CC1=CSC2=NCCCN12)N1CC[C@]2(CCCN(CC3CC3)C2=O)C1. The number of piperidine rings is 1. The van der Waals surface area contributed by atoms with Gasteiger partial charge in [-0.3, -0.25) is 14.6 Å². The van der Waals surface area contributed by atoms with Gasteiger partial charge in [0.2, 0.25) is 11.8 Å². The Labute approximate surface area is 165 Å². The predicted molar refractivity (Wildman–Crippen MR) is 106 cm³/mol. The zero-order chi connectivity index (χ0) is 18.4. The van der Waals surface area contributed by atoms with Gasteiger partial charge < -0.3 is 14.7 Å². The van der Waals surface area contributed by atoms with E-state index in [1.54, 1.807) is 11.8 Å². The number of fused-ring (bicyclic) bond motifs is 1. The van der Waals surface area contributed by atoms with Gasteiger partial charge in [0.05, 0.1) is 11.8 Å². The summed E-state index contributed by atoms with van der Waals surface area (Å²) in [5.41, 5.74) is 0.772. The van der Waals surface area contributed by atoms with Crippen molar-refractivity contribution in [2.24, 2.45) is 16.3 Å². The van der Waals surface area contributed by atoms with Crippen LogP contribution >= 0.6 is 11.8 Å². The van der Waals surface area contributed by atoms with Gasteiger partial charge in [-0.1, -0.05) is 11.8 Å². The number of hydrogen-bond acceptors (Lipinski definition) is 5. The number of carbonyl (C=O) groups is 2. The molecule has 3 fully saturated rings. The molecule has 0 unspecified atom stereocenters. The monoisotopic (exact) mass is 388 g/mol. The van der Waals surface area contributed by atoms with Crippen LogP contribution in [-0.4, -0.2) is 71.0 Å². The Morgan fingerprint density at radius 3 is 2.96 bits per heavy atom. The van der Waals surface area contributed by atoms with Crippen LogP contribution in [0.15, 0.2) is 16.1 Å². The van der Waals surface area contributed by atoms with Crippen LogP contribution in [-0.2, 0) is 9.59 Å². The lowest BCUT2D eigenvalue weighted by atomic mass is 9.78. The van der Waals surface area contributed by atoms with Gasteiger partial charge in [0.25, 0.3) is 0 Å². The fourth-order valence-electron chi connectivity index (χ4n) is 4.94. The van der Waals surface area contributed by atoms with E-state index in [9.17, 15) is 9.59 Å². The van der Waals surface area contributed by atoms with E-state index in [4.69, 9.17) is 0 Å². The third kappa shape index (κ3) is 3.28. The average Bonchev–Trinajstić information content (AvgIpc) is 3.25. The topological polar surface area (TPSA) is 56.2 Å². The molecule has 1 aliphatic carbocycles. The largest absolute Gasteiger partial charge is 0.342 e. The van der Waals surface area contributed by atoms with E-state index in [-0.39, 0.29) is 11.3 Å². The highest BCUT2D eigenvalue weighted by Gasteiger charge is 2.50. The molecule has 2 saturated heterocycles. The van der Waals surface area contributed by atoms with E-state index in [2.05, 4.69) is 20.2 Å². The lowest BCUT2D eigenvalue weighted by molar-refractivity contribution is -0.146. The van der Waals surface area contributed by atoms with E-state index in [0.29, 0.717) is 18.9 Å². The quantitative estimate of drug-likeness (QED) is 0.741. The highest BCUT2D eigenvalue weighted by atomic mass is 32.2. The summed E-state index contributed by atoms with van der Waals surface area (Å²) in [6.45, 7) is 5.05. The molecule has 6 nitrogen and oxygen atoms in total. The van der Waals surface area contributed by atoms with Crippen molar-refractivity contribution in [3.8, 4) is 0 Å². The molecule has 0 N–H and O–H groups in total. The smallest absolute Gasteiger partial charge is 0.230 e. The highest BCUT2D eigenvalue weighted by Crippen LogP contribution is 2.42. The summed E-state index contributed by atoms with van der Waals surface area (Å²) in [5.74, 6) is 1.21. The molecule has 5 aliphatic rings. The lowest BCUT2D eigenvalue weighted by Crippen LogP contribution is -2.51. The second kappa shape index (κ2) is 6.83. The number of hydrogen-bond donors (Lipinski definition) is 0. The highest BCUT2D eigenvalue weighted by molar-refractivity contribution is 8.16. The van der Waals surface area contributed by atoms with Crippen LogP contribution < -0.4 is 0 Å². The van der Waals surface area contributed by atoms with Crippen molar-refractivity contribution in [1.29, 1.82) is 0 Å². The number of amidine groups is 1. The van der Waals surface area contributed by atoms with Gasteiger partial charge in [-0.05, 0) is 49.9 Å². The Hall–Kier alpha value is -1.50. The van der Waals surface area contributed by atoms with E-state index in [1.165, 1.54) is 12.8 Å². The van der Waals surface area contributed by atoms with Gasteiger partial charge in [0.1, 0.15) is 0 Å². The molecule has 27 heavy (non-hydrogen) atoms. The molecule has 0 radical (unpaired) electrons. The molecule has 0 aromatic heterocycles. The number of carbonyl (C=O) groups excluding carboxylic acids is 2. The molecule has 1 spiro atoms. The molecule has 4 aliphatic heterocycles. The number of nitrogens with zero attached hydrogens (tertiary/aromatic N) is 4. The van der Waals surface area contributed by atoms with E-state index in [0.717, 1.165) is 75.2 Å². The van der Waals surface area contributed by atoms with Gasteiger partial charge >= 0.3 is 0 Å². The minimum Gasteiger partial charge on any atom is -0.342 e. The van der Waals surface area contributed by atoms with Crippen molar-refractivity contribution in [1.82, 2.24) is 14.7 Å². The summed E-state index contributed by atoms with van der Waals surface area (Å²) in [7, 11) is 0. The van der Waals surface area contributed by atoms with Crippen LogP contribution in [0, 0.1) is 11.3 Å². The van der Waals surface area contributed by atoms with Crippen molar-refractivity contribution in [3.63, 3.8) is 0 Å². The van der Waals surface area contributed by atoms with Crippen molar-refractivity contribution in [2.45, 2.75) is 44.9 Å². The molecular formula is C20H28N4O2S. The van der Waals surface area contributed by atoms with Crippen LogP contribution in [0.4, 0.5) is 0 Å². The summed E-state index contributed by atoms with van der Waals surface area (Å²) in [5, 5.41) is 3.12. The van der Waals surface area contributed by atoms with E-state index >= 15 is 0 Å². The molecule has 5 rings (SSSR count). The van der Waals surface area contributed by atoms with Gasteiger partial charge in [0.15, 0.2) is 5.17 Å². The molecule has 2 amide bonds. The number of thioether (sulfide) groups is 1. The Balaban J connectivity index is 1.22. The Morgan fingerprint density at radius 2 is 2.11 bits per heavy atom. The first kappa shape index (κ1) is 17.6. The molecule has 7 heteroatoms.